The minimum absolute atomic E-state index is 0.117. The number of benzene rings is 2. The molecule has 1 aliphatic heterocycles. The van der Waals surface area contributed by atoms with E-state index in [-0.39, 0.29) is 5.91 Å². The van der Waals surface area contributed by atoms with Gasteiger partial charge in [-0.1, -0.05) is 35.0 Å². The number of aromatic nitrogens is 3. The normalized spacial score (nSPS) is 17.1. The van der Waals surface area contributed by atoms with E-state index in [9.17, 15) is 4.79 Å². The average molecular weight is 360 g/mol. The van der Waals surface area contributed by atoms with Crippen LogP contribution in [0.25, 0.3) is 16.9 Å². The fourth-order valence-corrected chi connectivity index (χ4v) is 3.66. The zero-order valence-corrected chi connectivity index (χ0v) is 15.8. The number of aryl methyl sites for hydroxylation is 1. The number of carbonyl (C=O) groups is 1. The van der Waals surface area contributed by atoms with Crippen LogP contribution in [0.2, 0.25) is 0 Å². The van der Waals surface area contributed by atoms with E-state index in [1.807, 2.05) is 33.8 Å². The summed E-state index contributed by atoms with van der Waals surface area (Å²) in [5, 5.41) is 8.31. The van der Waals surface area contributed by atoms with Gasteiger partial charge in [-0.25, -0.2) is 4.68 Å². The van der Waals surface area contributed by atoms with Gasteiger partial charge in [-0.05, 0) is 57.4 Å². The molecule has 1 fully saturated rings. The average Bonchev–Trinajstić information content (AvgIpc) is 3.18. The molecule has 2 aromatic carbocycles. The van der Waals surface area contributed by atoms with Gasteiger partial charge in [0, 0.05) is 23.7 Å². The number of nitrogens with zero attached hydrogens (tertiary/aromatic N) is 4. The summed E-state index contributed by atoms with van der Waals surface area (Å²) in [6.07, 6.45) is 5.15. The van der Waals surface area contributed by atoms with Crippen molar-refractivity contribution < 1.29 is 4.79 Å². The molecule has 1 aliphatic rings. The first-order chi connectivity index (χ1) is 13.1. The van der Waals surface area contributed by atoms with Crippen LogP contribution < -0.4 is 0 Å². The summed E-state index contributed by atoms with van der Waals surface area (Å²) in [5.74, 6) is 0.117. The van der Waals surface area contributed by atoms with E-state index in [1.54, 1.807) is 6.20 Å². The van der Waals surface area contributed by atoms with Gasteiger partial charge in [-0.3, -0.25) is 4.79 Å². The zero-order chi connectivity index (χ0) is 18.8. The van der Waals surface area contributed by atoms with Gasteiger partial charge in [0.15, 0.2) is 0 Å². The van der Waals surface area contributed by atoms with E-state index in [0.29, 0.717) is 6.04 Å². The molecule has 138 valence electrons. The highest BCUT2D eigenvalue weighted by atomic mass is 16.2. The Labute approximate surface area is 159 Å². The molecule has 4 rings (SSSR count). The van der Waals surface area contributed by atoms with E-state index in [0.717, 1.165) is 41.9 Å². The standard InChI is InChI=1S/C22H24N4O/c1-16-6-8-18(9-7-16)21-15-23-24-26(21)20-12-10-19(11-13-20)22(27)25-14-4-3-5-17(25)2/h6-13,15,17H,3-5,14H2,1-2H3/t17-/m0/s1. The summed E-state index contributed by atoms with van der Waals surface area (Å²) in [6.45, 7) is 5.05. The van der Waals surface area contributed by atoms with Crippen molar-refractivity contribution in [3.63, 3.8) is 0 Å². The number of piperidine rings is 1. The Bertz CT molecular complexity index is 928. The first-order valence-electron chi connectivity index (χ1n) is 9.52. The van der Waals surface area contributed by atoms with Crippen LogP contribution in [0.3, 0.4) is 0 Å². The number of hydrogen-bond donors (Lipinski definition) is 0. The molecule has 0 aliphatic carbocycles. The third-order valence-electron chi connectivity index (χ3n) is 5.32. The largest absolute Gasteiger partial charge is 0.336 e. The molecule has 3 aromatic rings. The Balaban J connectivity index is 1.59. The van der Waals surface area contributed by atoms with Crippen LogP contribution in [0.5, 0.6) is 0 Å². The monoisotopic (exact) mass is 360 g/mol. The lowest BCUT2D eigenvalue weighted by Gasteiger charge is -2.33. The van der Waals surface area contributed by atoms with Crippen LogP contribution in [-0.2, 0) is 0 Å². The minimum Gasteiger partial charge on any atom is -0.336 e. The smallest absolute Gasteiger partial charge is 0.254 e. The Morgan fingerprint density at radius 3 is 2.48 bits per heavy atom. The van der Waals surface area contributed by atoms with Crippen LogP contribution in [0.1, 0.15) is 42.1 Å². The van der Waals surface area contributed by atoms with Gasteiger partial charge in [0.25, 0.3) is 5.91 Å². The predicted octanol–water partition coefficient (Wildman–Crippen LogP) is 4.26. The molecule has 0 N–H and O–H groups in total. The van der Waals surface area contributed by atoms with Crippen molar-refractivity contribution in [1.29, 1.82) is 0 Å². The van der Waals surface area contributed by atoms with Gasteiger partial charge in [-0.2, -0.15) is 0 Å². The van der Waals surface area contributed by atoms with Crippen LogP contribution >= 0.6 is 0 Å². The SMILES string of the molecule is Cc1ccc(-c2cnnn2-c2ccc(C(=O)N3CCCC[C@@H]3C)cc2)cc1. The maximum atomic E-state index is 12.8. The molecular weight excluding hydrogens is 336 g/mol. The van der Waals surface area contributed by atoms with Crippen molar-refractivity contribution >= 4 is 5.91 Å². The van der Waals surface area contributed by atoms with E-state index in [1.165, 1.54) is 12.0 Å². The van der Waals surface area contributed by atoms with Crippen LogP contribution in [0.4, 0.5) is 0 Å². The third kappa shape index (κ3) is 3.50. The molecule has 5 heteroatoms. The fraction of sp³-hybridized carbons (Fsp3) is 0.318. The highest BCUT2D eigenvalue weighted by Crippen LogP contribution is 2.23. The number of likely N-dealkylation sites (tertiary alicyclic amines) is 1. The van der Waals surface area contributed by atoms with Crippen LogP contribution in [-0.4, -0.2) is 38.4 Å². The summed E-state index contributed by atoms with van der Waals surface area (Å²) in [7, 11) is 0. The lowest BCUT2D eigenvalue weighted by molar-refractivity contribution is 0.0635. The van der Waals surface area contributed by atoms with Gasteiger partial charge in [0.2, 0.25) is 0 Å². The topological polar surface area (TPSA) is 51.0 Å². The summed E-state index contributed by atoms with van der Waals surface area (Å²) >= 11 is 0. The molecule has 2 heterocycles. The van der Waals surface area contributed by atoms with Gasteiger partial charge >= 0.3 is 0 Å². The summed E-state index contributed by atoms with van der Waals surface area (Å²) < 4.78 is 1.81. The first kappa shape index (κ1) is 17.5. The molecule has 0 unspecified atom stereocenters. The fourth-order valence-electron chi connectivity index (χ4n) is 3.66. The highest BCUT2D eigenvalue weighted by Gasteiger charge is 2.24. The Kier molecular flexibility index (Phi) is 4.75. The van der Waals surface area contributed by atoms with E-state index in [4.69, 9.17) is 0 Å². The molecule has 5 nitrogen and oxygen atoms in total. The van der Waals surface area contributed by atoms with Crippen LogP contribution in [0.15, 0.2) is 54.7 Å². The molecule has 1 amide bonds. The molecule has 0 radical (unpaired) electrons. The molecular formula is C22H24N4O. The van der Waals surface area contributed by atoms with Crippen molar-refractivity contribution in [2.75, 3.05) is 6.54 Å². The quantitative estimate of drug-likeness (QED) is 0.701. The van der Waals surface area contributed by atoms with Crippen LogP contribution in [0, 0.1) is 6.92 Å². The predicted molar refractivity (Wildman–Crippen MR) is 106 cm³/mol. The van der Waals surface area contributed by atoms with Crippen molar-refractivity contribution in [3.8, 4) is 16.9 Å². The van der Waals surface area contributed by atoms with Crippen molar-refractivity contribution in [3.05, 3.63) is 65.9 Å². The van der Waals surface area contributed by atoms with Gasteiger partial charge in [0.1, 0.15) is 0 Å². The lowest BCUT2D eigenvalue weighted by atomic mass is 10.0. The number of hydrogen-bond acceptors (Lipinski definition) is 3. The second-order valence-corrected chi connectivity index (χ2v) is 7.29. The minimum atomic E-state index is 0.117. The second kappa shape index (κ2) is 7.35. The molecule has 0 spiro atoms. The first-order valence-corrected chi connectivity index (χ1v) is 9.52. The molecule has 27 heavy (non-hydrogen) atoms. The van der Waals surface area contributed by atoms with Crippen molar-refractivity contribution in [2.24, 2.45) is 0 Å². The Morgan fingerprint density at radius 2 is 1.78 bits per heavy atom. The van der Waals surface area contributed by atoms with E-state index in [2.05, 4.69) is 48.4 Å². The maximum Gasteiger partial charge on any atom is 0.254 e. The van der Waals surface area contributed by atoms with Gasteiger partial charge in [0.05, 0.1) is 17.6 Å². The van der Waals surface area contributed by atoms with Crippen molar-refractivity contribution in [1.82, 2.24) is 19.9 Å². The molecule has 0 saturated carbocycles. The summed E-state index contributed by atoms with van der Waals surface area (Å²) in [6, 6.07) is 16.3. The summed E-state index contributed by atoms with van der Waals surface area (Å²) in [5.41, 5.74) is 4.83. The molecule has 1 saturated heterocycles. The Morgan fingerprint density at radius 1 is 1.04 bits per heavy atom. The number of carbonyl (C=O) groups excluding carboxylic acids is 1. The number of amides is 1. The van der Waals surface area contributed by atoms with Gasteiger partial charge < -0.3 is 4.90 Å². The molecule has 1 atom stereocenters. The van der Waals surface area contributed by atoms with E-state index < -0.39 is 0 Å². The van der Waals surface area contributed by atoms with E-state index >= 15 is 0 Å². The third-order valence-corrected chi connectivity index (χ3v) is 5.32. The van der Waals surface area contributed by atoms with Gasteiger partial charge in [-0.15, -0.1) is 5.10 Å². The zero-order valence-electron chi connectivity index (χ0n) is 15.8. The summed E-state index contributed by atoms with van der Waals surface area (Å²) in [4.78, 5) is 14.8. The molecule has 1 aromatic heterocycles. The Hall–Kier alpha value is -2.95. The maximum absolute atomic E-state index is 12.8. The second-order valence-electron chi connectivity index (χ2n) is 7.29. The highest BCUT2D eigenvalue weighted by molar-refractivity contribution is 5.94. The lowest BCUT2D eigenvalue weighted by Crippen LogP contribution is -2.42. The molecule has 0 bridgehead atoms. The van der Waals surface area contributed by atoms with Crippen molar-refractivity contribution in [2.45, 2.75) is 39.2 Å². The number of rotatable bonds is 3.